The summed E-state index contributed by atoms with van der Waals surface area (Å²) < 4.78 is 18.6. The van der Waals surface area contributed by atoms with Crippen LogP contribution >= 0.6 is 0 Å². The fraction of sp³-hybridized carbons (Fsp3) is 0.889. The average molecular weight is 541 g/mol. The Hall–Kier alpha value is -1.65. The molecular weight excluding hydrogens is 490 g/mol. The second-order valence-corrected chi connectivity index (χ2v) is 14.5. The van der Waals surface area contributed by atoms with Crippen molar-refractivity contribution in [1.82, 2.24) is 15.1 Å². The van der Waals surface area contributed by atoms with Gasteiger partial charge in [0.25, 0.3) is 0 Å². The van der Waals surface area contributed by atoms with Crippen molar-refractivity contribution in [2.24, 2.45) is 0 Å². The van der Waals surface area contributed by atoms with Gasteiger partial charge in [0.05, 0.1) is 12.2 Å². The van der Waals surface area contributed by atoms with E-state index in [1.165, 1.54) is 43.4 Å². The summed E-state index contributed by atoms with van der Waals surface area (Å²) in [6.07, 6.45) is 10.4. The lowest BCUT2D eigenvalue weighted by Crippen LogP contribution is -2.69. The van der Waals surface area contributed by atoms with E-state index in [1.807, 2.05) is 20.8 Å². The first-order valence-electron chi connectivity index (χ1n) is 14.0. The number of unbranched alkanes of at least 4 members (excludes halogenated alkanes) is 8. The van der Waals surface area contributed by atoms with Gasteiger partial charge in [0.1, 0.15) is 33.0 Å². The number of carbonyl (C=O) groups is 3. The molecule has 1 N–H and O–H groups in total. The molecule has 10 heteroatoms. The van der Waals surface area contributed by atoms with E-state index in [1.54, 1.807) is 11.9 Å². The summed E-state index contributed by atoms with van der Waals surface area (Å²) in [5.41, 5.74) is -0.388. The lowest BCUT2D eigenvalue weighted by atomic mass is 10.1. The van der Waals surface area contributed by atoms with E-state index in [4.69, 9.17) is 14.2 Å². The minimum atomic E-state index is -1.27. The Morgan fingerprint density at radius 3 is 2.22 bits per heavy atom. The van der Waals surface area contributed by atoms with Gasteiger partial charge in [-0.1, -0.05) is 71.4 Å². The van der Waals surface area contributed by atoms with Gasteiger partial charge in [-0.05, 0) is 27.2 Å². The summed E-state index contributed by atoms with van der Waals surface area (Å²) in [6.45, 7) is 12.6. The van der Waals surface area contributed by atoms with Crippen molar-refractivity contribution in [2.75, 3.05) is 20.3 Å². The predicted molar refractivity (Wildman–Crippen MR) is 146 cm³/mol. The smallest absolute Gasteiger partial charge is 0.328 e. The van der Waals surface area contributed by atoms with Gasteiger partial charge in [0.15, 0.2) is 0 Å². The van der Waals surface area contributed by atoms with Crippen LogP contribution in [0.5, 0.6) is 0 Å². The molecule has 37 heavy (non-hydrogen) atoms. The minimum absolute atomic E-state index is 0.118. The topological polar surface area (TPSA) is 97.4 Å². The van der Waals surface area contributed by atoms with Crippen LogP contribution in [0.3, 0.4) is 0 Å². The molecular formula is C27H50N3O6Si. The number of imide groups is 1. The SMILES string of the molecule is CCCCCCCCCCCC(=O)O[C@H]1CC(N2CN(C)C(=O)NC2=O)([Si](C)C)O[C@@H]1COC(C)(C)C. The molecule has 0 aromatic rings. The number of amides is 4. The van der Waals surface area contributed by atoms with E-state index in [2.05, 4.69) is 25.3 Å². The third-order valence-electron chi connectivity index (χ3n) is 7.06. The van der Waals surface area contributed by atoms with Crippen molar-refractivity contribution in [3.63, 3.8) is 0 Å². The number of nitrogens with one attached hydrogen (secondary N) is 1. The summed E-state index contributed by atoms with van der Waals surface area (Å²) in [4.78, 5) is 40.7. The molecule has 0 aromatic heterocycles. The van der Waals surface area contributed by atoms with E-state index in [9.17, 15) is 14.4 Å². The highest BCUT2D eigenvalue weighted by atomic mass is 28.3. The molecule has 2 heterocycles. The number of hydrogen-bond acceptors (Lipinski definition) is 6. The summed E-state index contributed by atoms with van der Waals surface area (Å²) in [5.74, 6) is -0.232. The molecule has 2 saturated heterocycles. The van der Waals surface area contributed by atoms with Gasteiger partial charge >= 0.3 is 18.0 Å². The van der Waals surface area contributed by atoms with E-state index in [0.717, 1.165) is 19.3 Å². The van der Waals surface area contributed by atoms with Crippen LogP contribution in [-0.2, 0) is 19.0 Å². The first-order chi connectivity index (χ1) is 17.4. The average Bonchev–Trinajstić information content (AvgIpc) is 3.17. The second-order valence-electron chi connectivity index (χ2n) is 11.7. The maximum atomic E-state index is 12.9. The molecule has 1 radical (unpaired) electrons. The van der Waals surface area contributed by atoms with Crippen LogP contribution in [0.1, 0.15) is 98.3 Å². The Morgan fingerprint density at radius 1 is 1.05 bits per heavy atom. The first-order valence-corrected chi connectivity index (χ1v) is 16.5. The van der Waals surface area contributed by atoms with E-state index in [0.29, 0.717) is 12.8 Å². The quantitative estimate of drug-likeness (QED) is 0.169. The zero-order valence-corrected chi connectivity index (χ0v) is 25.2. The molecule has 0 saturated carbocycles. The zero-order valence-electron chi connectivity index (χ0n) is 24.2. The van der Waals surface area contributed by atoms with E-state index < -0.39 is 38.4 Å². The Bertz CT molecular complexity index is 759. The van der Waals surface area contributed by atoms with Crippen LogP contribution in [0.2, 0.25) is 13.1 Å². The van der Waals surface area contributed by atoms with Gasteiger partial charge in [-0.3, -0.25) is 15.0 Å². The summed E-state index contributed by atoms with van der Waals surface area (Å²) in [5, 5.41) is 1.46. The van der Waals surface area contributed by atoms with Crippen LogP contribution in [0.25, 0.3) is 0 Å². The number of urea groups is 2. The van der Waals surface area contributed by atoms with Crippen LogP contribution in [0.4, 0.5) is 9.59 Å². The molecule has 1 unspecified atom stereocenters. The Kier molecular flexibility index (Phi) is 12.4. The molecule has 0 spiro atoms. The van der Waals surface area contributed by atoms with Crippen molar-refractivity contribution >= 4 is 26.8 Å². The van der Waals surface area contributed by atoms with E-state index >= 15 is 0 Å². The predicted octanol–water partition coefficient (Wildman–Crippen LogP) is 5.45. The molecule has 0 aromatic carbocycles. The zero-order chi connectivity index (χ0) is 27.6. The van der Waals surface area contributed by atoms with Crippen molar-refractivity contribution in [3.05, 3.63) is 0 Å². The first kappa shape index (κ1) is 31.6. The third-order valence-corrected chi connectivity index (χ3v) is 9.22. The number of esters is 1. The van der Waals surface area contributed by atoms with Gasteiger partial charge in [-0.15, -0.1) is 0 Å². The minimum Gasteiger partial charge on any atom is -0.459 e. The van der Waals surface area contributed by atoms with Gasteiger partial charge in [-0.2, -0.15) is 0 Å². The molecule has 2 aliphatic heterocycles. The van der Waals surface area contributed by atoms with Crippen LogP contribution < -0.4 is 5.32 Å². The van der Waals surface area contributed by atoms with Gasteiger partial charge < -0.3 is 19.1 Å². The van der Waals surface area contributed by atoms with E-state index in [-0.39, 0.29) is 24.8 Å². The maximum absolute atomic E-state index is 12.9. The Labute approximate surface area is 225 Å². The fourth-order valence-electron chi connectivity index (χ4n) is 4.82. The molecule has 9 nitrogen and oxygen atoms in total. The van der Waals surface area contributed by atoms with Crippen molar-refractivity contribution in [1.29, 1.82) is 0 Å². The van der Waals surface area contributed by atoms with Crippen molar-refractivity contribution < 1.29 is 28.6 Å². The molecule has 0 bridgehead atoms. The molecule has 213 valence electrons. The maximum Gasteiger partial charge on any atom is 0.328 e. The Morgan fingerprint density at radius 2 is 1.65 bits per heavy atom. The summed E-state index contributed by atoms with van der Waals surface area (Å²) in [6, 6.07) is -0.918. The molecule has 2 rings (SSSR count). The standard InChI is InChI=1S/C27H50N3O6Si/c1-8-9-10-11-12-13-14-15-16-17-23(31)35-21-18-27(37(6)7,36-22(21)19-34-26(2,3)4)30-20-29(5)24(32)28-25(30)33/h21-22H,8-20H2,1-7H3,(H,28,32,33)/t21-,22+,27?/m0/s1. The number of ether oxygens (including phenoxy) is 3. The lowest BCUT2D eigenvalue weighted by molar-refractivity contribution is -0.159. The molecule has 2 aliphatic rings. The summed E-state index contributed by atoms with van der Waals surface area (Å²) in [7, 11) is 0.363. The number of carbonyl (C=O) groups excluding carboxylic acids is 3. The fourth-order valence-corrected chi connectivity index (χ4v) is 6.52. The number of hydrogen-bond donors (Lipinski definition) is 1. The van der Waals surface area contributed by atoms with Crippen LogP contribution in [0.15, 0.2) is 0 Å². The highest BCUT2D eigenvalue weighted by Crippen LogP contribution is 2.39. The van der Waals surface area contributed by atoms with Gasteiger partial charge in [-0.25, -0.2) is 9.59 Å². The van der Waals surface area contributed by atoms with Crippen molar-refractivity contribution in [3.8, 4) is 0 Å². The van der Waals surface area contributed by atoms with Crippen molar-refractivity contribution in [2.45, 2.75) is 135 Å². The van der Waals surface area contributed by atoms with Gasteiger partial charge in [0, 0.05) is 19.9 Å². The Balaban J connectivity index is 1.99. The highest BCUT2D eigenvalue weighted by Gasteiger charge is 2.57. The largest absolute Gasteiger partial charge is 0.459 e. The molecule has 4 amide bonds. The molecule has 0 aliphatic carbocycles. The second kappa shape index (κ2) is 14.5. The van der Waals surface area contributed by atoms with Crippen LogP contribution in [0, 0.1) is 0 Å². The lowest BCUT2D eigenvalue weighted by Gasteiger charge is -2.46. The number of rotatable bonds is 15. The molecule has 2 fully saturated rings. The third kappa shape index (κ3) is 9.55. The number of nitrogens with zero attached hydrogens (tertiary/aromatic N) is 2. The highest BCUT2D eigenvalue weighted by molar-refractivity contribution is 6.59. The summed E-state index contributed by atoms with van der Waals surface area (Å²) >= 11 is 0. The normalized spacial score (nSPS) is 24.6. The van der Waals surface area contributed by atoms with Gasteiger partial charge in [0.2, 0.25) is 0 Å². The molecule has 3 atom stereocenters. The van der Waals surface area contributed by atoms with Crippen LogP contribution in [-0.4, -0.2) is 80.1 Å². The monoisotopic (exact) mass is 540 g/mol.